The average Bonchev–Trinajstić information content (AvgIpc) is 2.35. The van der Waals surface area contributed by atoms with Gasteiger partial charge in [0.1, 0.15) is 5.75 Å². The van der Waals surface area contributed by atoms with Crippen molar-refractivity contribution in [3.63, 3.8) is 0 Å². The number of amides is 1. The Morgan fingerprint density at radius 3 is 2.78 bits per heavy atom. The molecule has 0 aliphatic heterocycles. The van der Waals surface area contributed by atoms with Crippen LogP contribution in [0.2, 0.25) is 0 Å². The first-order valence-corrected chi connectivity index (χ1v) is 5.53. The van der Waals surface area contributed by atoms with Gasteiger partial charge in [0.05, 0.1) is 12.6 Å². The van der Waals surface area contributed by atoms with Crippen molar-refractivity contribution < 1.29 is 23.4 Å². The van der Waals surface area contributed by atoms with Crippen LogP contribution in [-0.4, -0.2) is 30.3 Å². The lowest BCUT2D eigenvalue weighted by molar-refractivity contribution is -0.0498. The highest BCUT2D eigenvalue weighted by Crippen LogP contribution is 2.16. The number of aliphatic hydroxyl groups is 1. The fourth-order valence-electron chi connectivity index (χ4n) is 1.36. The van der Waals surface area contributed by atoms with E-state index in [0.717, 1.165) is 0 Å². The van der Waals surface area contributed by atoms with Crippen molar-refractivity contribution in [3.05, 3.63) is 29.8 Å². The van der Waals surface area contributed by atoms with E-state index in [9.17, 15) is 13.6 Å². The number of benzene rings is 1. The Morgan fingerprint density at radius 1 is 1.50 bits per heavy atom. The maximum atomic E-state index is 12.0. The SMILES string of the molecule is CC[C@@H](CO)NC(=O)c1cccc(OC(F)F)c1. The first-order chi connectivity index (χ1) is 8.56. The molecule has 0 heterocycles. The number of hydrogen-bond acceptors (Lipinski definition) is 3. The van der Waals surface area contributed by atoms with Gasteiger partial charge in [-0.3, -0.25) is 4.79 Å². The van der Waals surface area contributed by atoms with Crippen LogP contribution in [-0.2, 0) is 0 Å². The van der Waals surface area contributed by atoms with Gasteiger partial charge >= 0.3 is 6.61 Å². The van der Waals surface area contributed by atoms with Gasteiger partial charge in [-0.25, -0.2) is 0 Å². The second-order valence-electron chi connectivity index (χ2n) is 3.67. The van der Waals surface area contributed by atoms with Gasteiger partial charge < -0.3 is 15.2 Å². The summed E-state index contributed by atoms with van der Waals surface area (Å²) in [7, 11) is 0. The third kappa shape index (κ3) is 4.29. The molecule has 0 spiro atoms. The molecule has 6 heteroatoms. The van der Waals surface area contributed by atoms with E-state index in [1.807, 2.05) is 6.92 Å². The van der Waals surface area contributed by atoms with Crippen molar-refractivity contribution in [3.8, 4) is 5.75 Å². The summed E-state index contributed by atoms with van der Waals surface area (Å²) in [6.07, 6.45) is 0.579. The summed E-state index contributed by atoms with van der Waals surface area (Å²) in [5, 5.41) is 11.5. The Bertz CT molecular complexity index is 395. The lowest BCUT2D eigenvalue weighted by Gasteiger charge is -2.14. The van der Waals surface area contributed by atoms with Crippen molar-refractivity contribution in [2.45, 2.75) is 26.0 Å². The minimum atomic E-state index is -2.93. The van der Waals surface area contributed by atoms with Crippen LogP contribution < -0.4 is 10.1 Å². The van der Waals surface area contributed by atoms with Crippen LogP contribution in [0.3, 0.4) is 0 Å². The molecule has 0 unspecified atom stereocenters. The van der Waals surface area contributed by atoms with E-state index in [0.29, 0.717) is 6.42 Å². The lowest BCUT2D eigenvalue weighted by atomic mass is 10.1. The molecule has 1 atom stereocenters. The van der Waals surface area contributed by atoms with Crippen LogP contribution in [0.1, 0.15) is 23.7 Å². The summed E-state index contributed by atoms with van der Waals surface area (Å²) in [4.78, 5) is 11.7. The molecule has 1 aromatic carbocycles. The minimum absolute atomic E-state index is 0.0744. The molecule has 1 amide bonds. The second kappa shape index (κ2) is 6.90. The van der Waals surface area contributed by atoms with Gasteiger partial charge in [0.15, 0.2) is 0 Å². The molecule has 0 aliphatic rings. The smallest absolute Gasteiger partial charge is 0.387 e. The molecule has 0 radical (unpaired) electrons. The second-order valence-corrected chi connectivity index (χ2v) is 3.67. The molecule has 0 aliphatic carbocycles. The molecular weight excluding hydrogens is 244 g/mol. The van der Waals surface area contributed by atoms with Crippen LogP contribution in [0.25, 0.3) is 0 Å². The zero-order chi connectivity index (χ0) is 13.5. The number of carbonyl (C=O) groups is 1. The van der Waals surface area contributed by atoms with Crippen molar-refractivity contribution >= 4 is 5.91 Å². The zero-order valence-corrected chi connectivity index (χ0v) is 9.90. The molecule has 0 bridgehead atoms. The standard InChI is InChI=1S/C12H15F2NO3/c1-2-9(7-16)15-11(17)8-4-3-5-10(6-8)18-12(13)14/h3-6,9,12,16H,2,7H2,1H3,(H,15,17)/t9-/m0/s1. The molecule has 2 N–H and O–H groups in total. The number of carbonyl (C=O) groups excluding carboxylic acids is 1. The largest absolute Gasteiger partial charge is 0.435 e. The number of halogens is 2. The highest BCUT2D eigenvalue weighted by Gasteiger charge is 2.12. The normalized spacial score (nSPS) is 12.3. The summed E-state index contributed by atoms with van der Waals surface area (Å²) >= 11 is 0. The van der Waals surface area contributed by atoms with Gasteiger partial charge in [-0.1, -0.05) is 13.0 Å². The molecule has 100 valence electrons. The van der Waals surface area contributed by atoms with E-state index in [2.05, 4.69) is 10.1 Å². The monoisotopic (exact) mass is 259 g/mol. The molecule has 0 saturated carbocycles. The molecule has 1 aromatic rings. The first kappa shape index (κ1) is 14.4. The number of alkyl halides is 2. The number of aliphatic hydroxyl groups excluding tert-OH is 1. The van der Waals surface area contributed by atoms with Crippen LogP contribution >= 0.6 is 0 Å². The molecule has 0 aromatic heterocycles. The lowest BCUT2D eigenvalue weighted by Crippen LogP contribution is -2.36. The maximum Gasteiger partial charge on any atom is 0.387 e. The van der Waals surface area contributed by atoms with Crippen LogP contribution in [0.4, 0.5) is 8.78 Å². The van der Waals surface area contributed by atoms with Crippen LogP contribution in [0.5, 0.6) is 5.75 Å². The Hall–Kier alpha value is -1.69. The van der Waals surface area contributed by atoms with Crippen molar-refractivity contribution in [2.24, 2.45) is 0 Å². The number of hydrogen-bond donors (Lipinski definition) is 2. The number of rotatable bonds is 6. The minimum Gasteiger partial charge on any atom is -0.435 e. The Morgan fingerprint density at radius 2 is 2.22 bits per heavy atom. The molecule has 0 fully saturated rings. The molecule has 4 nitrogen and oxygen atoms in total. The summed E-state index contributed by atoms with van der Waals surface area (Å²) in [6, 6.07) is 5.15. The van der Waals surface area contributed by atoms with Crippen LogP contribution in [0, 0.1) is 0 Å². The van der Waals surface area contributed by atoms with Gasteiger partial charge in [-0.15, -0.1) is 0 Å². The fraction of sp³-hybridized carbons (Fsp3) is 0.417. The summed E-state index contributed by atoms with van der Waals surface area (Å²) < 4.78 is 28.2. The van der Waals surface area contributed by atoms with Crippen LogP contribution in [0.15, 0.2) is 24.3 Å². The summed E-state index contributed by atoms with van der Waals surface area (Å²) in [5.74, 6) is -0.509. The van der Waals surface area contributed by atoms with E-state index in [1.54, 1.807) is 0 Å². The highest BCUT2D eigenvalue weighted by atomic mass is 19.3. The van der Waals surface area contributed by atoms with Crippen molar-refractivity contribution in [1.29, 1.82) is 0 Å². The molecular formula is C12H15F2NO3. The summed E-state index contributed by atoms with van der Waals surface area (Å²) in [6.45, 7) is -1.28. The van der Waals surface area contributed by atoms with Gasteiger partial charge in [0, 0.05) is 5.56 Å². The Balaban J connectivity index is 2.73. The topological polar surface area (TPSA) is 58.6 Å². The third-order valence-electron chi connectivity index (χ3n) is 2.37. The van der Waals surface area contributed by atoms with E-state index >= 15 is 0 Å². The molecule has 18 heavy (non-hydrogen) atoms. The third-order valence-corrected chi connectivity index (χ3v) is 2.37. The first-order valence-electron chi connectivity index (χ1n) is 5.53. The van der Waals surface area contributed by atoms with E-state index < -0.39 is 12.5 Å². The predicted octanol–water partition coefficient (Wildman–Crippen LogP) is 1.79. The fourth-order valence-corrected chi connectivity index (χ4v) is 1.36. The quantitative estimate of drug-likeness (QED) is 0.818. The predicted molar refractivity (Wildman–Crippen MR) is 61.7 cm³/mol. The zero-order valence-electron chi connectivity index (χ0n) is 9.90. The van der Waals surface area contributed by atoms with Gasteiger partial charge in [0.2, 0.25) is 0 Å². The Labute approximate surface area is 104 Å². The van der Waals surface area contributed by atoms with Gasteiger partial charge in [-0.2, -0.15) is 8.78 Å². The number of ether oxygens (including phenoxy) is 1. The molecule has 1 rings (SSSR count). The van der Waals surface area contributed by atoms with Crippen molar-refractivity contribution in [1.82, 2.24) is 5.32 Å². The average molecular weight is 259 g/mol. The summed E-state index contributed by atoms with van der Waals surface area (Å²) in [5.41, 5.74) is 0.208. The van der Waals surface area contributed by atoms with Crippen molar-refractivity contribution in [2.75, 3.05) is 6.61 Å². The van der Waals surface area contributed by atoms with Gasteiger partial charge in [-0.05, 0) is 24.6 Å². The van der Waals surface area contributed by atoms with E-state index in [4.69, 9.17) is 5.11 Å². The maximum absolute atomic E-state index is 12.0. The Kier molecular flexibility index (Phi) is 5.51. The molecule has 0 saturated heterocycles. The van der Waals surface area contributed by atoms with E-state index in [-0.39, 0.29) is 24.0 Å². The highest BCUT2D eigenvalue weighted by molar-refractivity contribution is 5.94. The number of nitrogens with one attached hydrogen (secondary N) is 1. The van der Waals surface area contributed by atoms with E-state index in [1.165, 1.54) is 24.3 Å². The van der Waals surface area contributed by atoms with Gasteiger partial charge in [0.25, 0.3) is 5.91 Å².